The van der Waals surface area contributed by atoms with Crippen LogP contribution in [0.3, 0.4) is 0 Å². The Morgan fingerprint density at radius 2 is 2.04 bits per heavy atom. The first-order valence-electron chi connectivity index (χ1n) is 7.70. The molecular formula is C14H15N7O5. The predicted molar refractivity (Wildman–Crippen MR) is 87.0 cm³/mol. The number of rotatable bonds is 3. The number of nitrogens with one attached hydrogen (secondary N) is 1. The van der Waals surface area contributed by atoms with E-state index in [0.29, 0.717) is 11.2 Å². The van der Waals surface area contributed by atoms with Crippen LogP contribution in [-0.4, -0.2) is 57.6 Å². The molecule has 136 valence electrons. The second kappa shape index (κ2) is 6.01. The summed E-state index contributed by atoms with van der Waals surface area (Å²) in [6.07, 6.45) is -0.661. The number of nitrogens with two attached hydrogens (primary N) is 1. The molecule has 0 amide bonds. The number of nitrogen functional groups attached to an aromatic ring is 1. The number of hydrogen-bond acceptors (Lipinski definition) is 9. The van der Waals surface area contributed by atoms with Crippen molar-refractivity contribution in [3.63, 3.8) is 0 Å². The second-order valence-corrected chi connectivity index (χ2v) is 5.89. The van der Waals surface area contributed by atoms with E-state index < -0.39 is 35.8 Å². The minimum absolute atomic E-state index is 0.111. The lowest BCUT2D eigenvalue weighted by Gasteiger charge is -2.16. The maximum absolute atomic E-state index is 11.9. The number of ether oxygens (including phenoxy) is 1. The lowest BCUT2D eigenvalue weighted by Crippen LogP contribution is -2.37. The molecule has 3 aromatic heterocycles. The Balaban J connectivity index is 1.63. The molecule has 0 radical (unpaired) electrons. The number of nitrogens with zero attached hydrogens (tertiary/aromatic N) is 5. The molecular weight excluding hydrogens is 346 g/mol. The molecule has 1 saturated heterocycles. The van der Waals surface area contributed by atoms with Gasteiger partial charge in [-0.25, -0.2) is 19.7 Å². The van der Waals surface area contributed by atoms with E-state index in [2.05, 4.69) is 19.9 Å². The minimum atomic E-state index is -1.36. The number of H-pyrrole nitrogens is 1. The van der Waals surface area contributed by atoms with Crippen molar-refractivity contribution in [1.29, 1.82) is 0 Å². The Kier molecular flexibility index (Phi) is 3.79. The Hall–Kier alpha value is -3.09. The van der Waals surface area contributed by atoms with Gasteiger partial charge in [-0.1, -0.05) is 0 Å². The lowest BCUT2D eigenvalue weighted by atomic mass is 10.1. The predicted octanol–water partition coefficient (Wildman–Crippen LogP) is -2.42. The van der Waals surface area contributed by atoms with Crippen molar-refractivity contribution in [3.8, 4) is 0 Å². The summed E-state index contributed by atoms with van der Waals surface area (Å²) < 4.78 is 8.28. The van der Waals surface area contributed by atoms with Crippen molar-refractivity contribution in [2.75, 3.05) is 5.73 Å². The third kappa shape index (κ3) is 2.56. The largest absolute Gasteiger partial charge is 0.387 e. The highest BCUT2D eigenvalue weighted by molar-refractivity contribution is 5.81. The van der Waals surface area contributed by atoms with Crippen LogP contribution in [0.25, 0.3) is 11.2 Å². The van der Waals surface area contributed by atoms with E-state index in [4.69, 9.17) is 10.5 Å². The second-order valence-electron chi connectivity index (χ2n) is 5.89. The van der Waals surface area contributed by atoms with E-state index >= 15 is 0 Å². The molecule has 1 aliphatic rings. The highest BCUT2D eigenvalue weighted by Crippen LogP contribution is 2.29. The Morgan fingerprint density at radius 1 is 1.23 bits per heavy atom. The van der Waals surface area contributed by atoms with Gasteiger partial charge in [-0.15, -0.1) is 0 Å². The van der Waals surface area contributed by atoms with Gasteiger partial charge in [0.1, 0.15) is 30.2 Å². The van der Waals surface area contributed by atoms with E-state index in [9.17, 15) is 19.8 Å². The van der Waals surface area contributed by atoms with E-state index in [1.165, 1.54) is 18.9 Å². The molecule has 0 bridgehead atoms. The van der Waals surface area contributed by atoms with E-state index in [-0.39, 0.29) is 12.4 Å². The fraction of sp³-hybridized carbons (Fsp3) is 0.357. The summed E-state index contributed by atoms with van der Waals surface area (Å²) in [7, 11) is 0. The van der Waals surface area contributed by atoms with Crippen LogP contribution < -0.4 is 17.0 Å². The van der Waals surface area contributed by atoms with Gasteiger partial charge in [0.25, 0.3) is 5.56 Å². The SMILES string of the molecule is Nc1ncnc2c1ncn2C[C@H]1O[C@@H](n2ccc(=O)[nH]c2=O)[C@H](O)[C@@H]1O. The minimum Gasteiger partial charge on any atom is -0.387 e. The number of imidazole rings is 1. The van der Waals surface area contributed by atoms with Gasteiger partial charge in [0.05, 0.1) is 12.9 Å². The molecule has 3 aromatic rings. The maximum atomic E-state index is 11.9. The molecule has 26 heavy (non-hydrogen) atoms. The molecule has 12 heteroatoms. The number of aliphatic hydroxyl groups is 2. The number of anilines is 1. The highest BCUT2D eigenvalue weighted by atomic mass is 16.6. The number of hydrogen-bond donors (Lipinski definition) is 4. The zero-order chi connectivity index (χ0) is 18.4. The summed E-state index contributed by atoms with van der Waals surface area (Å²) in [6.45, 7) is 0.111. The average molecular weight is 361 g/mol. The van der Waals surface area contributed by atoms with E-state index in [1.807, 2.05) is 0 Å². The van der Waals surface area contributed by atoms with Crippen LogP contribution in [0.15, 0.2) is 34.5 Å². The Bertz CT molecular complexity index is 1070. The van der Waals surface area contributed by atoms with Crippen LogP contribution in [0.5, 0.6) is 0 Å². The van der Waals surface area contributed by atoms with Crippen LogP contribution in [0, 0.1) is 0 Å². The molecule has 12 nitrogen and oxygen atoms in total. The van der Waals surface area contributed by atoms with Crippen molar-refractivity contribution >= 4 is 17.0 Å². The van der Waals surface area contributed by atoms with Crippen molar-refractivity contribution in [3.05, 3.63) is 45.8 Å². The summed E-state index contributed by atoms with van der Waals surface area (Å²) in [4.78, 5) is 37.2. The van der Waals surface area contributed by atoms with Crippen molar-refractivity contribution in [2.24, 2.45) is 0 Å². The van der Waals surface area contributed by atoms with Gasteiger partial charge in [0.15, 0.2) is 17.7 Å². The monoisotopic (exact) mass is 361 g/mol. The first-order chi connectivity index (χ1) is 12.5. The molecule has 4 heterocycles. The molecule has 4 atom stereocenters. The van der Waals surface area contributed by atoms with Gasteiger partial charge >= 0.3 is 5.69 Å². The zero-order valence-electron chi connectivity index (χ0n) is 13.3. The number of aromatic amines is 1. The average Bonchev–Trinajstić information content (AvgIpc) is 3.13. The third-order valence-electron chi connectivity index (χ3n) is 4.27. The third-order valence-corrected chi connectivity index (χ3v) is 4.27. The molecule has 0 aromatic carbocycles. The fourth-order valence-corrected chi connectivity index (χ4v) is 2.96. The number of fused-ring (bicyclic) bond motifs is 1. The van der Waals surface area contributed by atoms with Crippen LogP contribution in [0.2, 0.25) is 0 Å². The molecule has 0 spiro atoms. The Morgan fingerprint density at radius 3 is 2.81 bits per heavy atom. The fourth-order valence-electron chi connectivity index (χ4n) is 2.96. The molecule has 1 fully saturated rings. The zero-order valence-corrected chi connectivity index (χ0v) is 13.3. The summed E-state index contributed by atoms with van der Waals surface area (Å²) >= 11 is 0. The number of aromatic nitrogens is 6. The van der Waals surface area contributed by atoms with Crippen LogP contribution >= 0.6 is 0 Å². The van der Waals surface area contributed by atoms with Crippen LogP contribution in [-0.2, 0) is 11.3 Å². The first-order valence-corrected chi connectivity index (χ1v) is 7.70. The first kappa shape index (κ1) is 16.4. The van der Waals surface area contributed by atoms with E-state index in [0.717, 1.165) is 10.6 Å². The van der Waals surface area contributed by atoms with Gasteiger partial charge < -0.3 is 25.3 Å². The maximum Gasteiger partial charge on any atom is 0.330 e. The smallest absolute Gasteiger partial charge is 0.330 e. The highest BCUT2D eigenvalue weighted by Gasteiger charge is 2.44. The molecule has 0 unspecified atom stereocenters. The topological polar surface area (TPSA) is 174 Å². The molecule has 0 saturated carbocycles. The van der Waals surface area contributed by atoms with E-state index in [1.54, 1.807) is 4.57 Å². The van der Waals surface area contributed by atoms with Crippen LogP contribution in [0.4, 0.5) is 5.82 Å². The van der Waals surface area contributed by atoms with Crippen molar-refractivity contribution in [1.82, 2.24) is 29.1 Å². The van der Waals surface area contributed by atoms with Gasteiger partial charge in [-0.05, 0) is 0 Å². The van der Waals surface area contributed by atoms with Crippen LogP contribution in [0.1, 0.15) is 6.23 Å². The molecule has 4 rings (SSSR count). The summed E-state index contributed by atoms with van der Waals surface area (Å²) in [6, 6.07) is 1.13. The summed E-state index contributed by atoms with van der Waals surface area (Å²) in [5.41, 5.74) is 5.28. The van der Waals surface area contributed by atoms with Crippen molar-refractivity contribution < 1.29 is 14.9 Å². The normalized spacial score (nSPS) is 25.8. The Labute approximate surface area is 144 Å². The summed E-state index contributed by atoms with van der Waals surface area (Å²) in [5, 5.41) is 20.6. The lowest BCUT2D eigenvalue weighted by molar-refractivity contribution is -0.0438. The summed E-state index contributed by atoms with van der Waals surface area (Å²) in [5.74, 6) is 0.222. The standard InChI is InChI=1S/C14H15N7O5/c15-11-8-12(17-4-16-11)20(5-18-8)3-6-9(23)10(24)13(26-6)21-2-1-7(22)19-14(21)25/h1-2,4-6,9-10,13,23-24H,3H2,(H2,15,16,17)(H,19,22,25)/t6-,9-,10-,13-/m1/s1. The van der Waals surface area contributed by atoms with Gasteiger partial charge in [0.2, 0.25) is 0 Å². The quantitative estimate of drug-likeness (QED) is 0.395. The molecule has 1 aliphatic heterocycles. The molecule has 5 N–H and O–H groups in total. The molecule has 0 aliphatic carbocycles. The van der Waals surface area contributed by atoms with Gasteiger partial charge in [-0.3, -0.25) is 14.3 Å². The van der Waals surface area contributed by atoms with Gasteiger partial charge in [-0.2, -0.15) is 0 Å². The number of aliphatic hydroxyl groups excluding tert-OH is 2. The van der Waals surface area contributed by atoms with Crippen molar-refractivity contribution in [2.45, 2.75) is 31.1 Å². The van der Waals surface area contributed by atoms with Gasteiger partial charge in [0, 0.05) is 12.3 Å².